The van der Waals surface area contributed by atoms with Crippen LogP contribution in [0.5, 0.6) is 0 Å². The number of nitrogens with zero attached hydrogens (tertiary/aromatic N) is 2. The second-order valence-corrected chi connectivity index (χ2v) is 6.27. The molecule has 0 aliphatic rings. The molecule has 0 fully saturated rings. The second kappa shape index (κ2) is 6.58. The molecule has 0 bridgehead atoms. The normalized spacial score (nSPS) is 11.4. The minimum Gasteiger partial charge on any atom is -0.369 e. The standard InChI is InChI=1S/C16H21ClN4O2/c1-6-18-14-12(17)7-11(8-19-14)15(22)20-16(4,5)13-9(2)21-23-10(13)3/h7-8H,6H2,1-5H3,(H,18,19)(H,20,22). The van der Waals surface area contributed by atoms with Crippen LogP contribution in [0.4, 0.5) is 5.82 Å². The van der Waals surface area contributed by atoms with Gasteiger partial charge < -0.3 is 15.2 Å². The van der Waals surface area contributed by atoms with Crippen LogP contribution in [0, 0.1) is 13.8 Å². The Morgan fingerprint density at radius 1 is 1.39 bits per heavy atom. The summed E-state index contributed by atoms with van der Waals surface area (Å²) in [5, 5.41) is 10.4. The van der Waals surface area contributed by atoms with Gasteiger partial charge in [0, 0.05) is 18.3 Å². The molecule has 0 radical (unpaired) electrons. The van der Waals surface area contributed by atoms with Crippen LogP contribution in [-0.2, 0) is 5.54 Å². The Bertz CT molecular complexity index is 705. The number of carbonyl (C=O) groups is 1. The molecular weight excluding hydrogens is 316 g/mol. The number of amides is 1. The summed E-state index contributed by atoms with van der Waals surface area (Å²) in [6.45, 7) is 10.1. The molecule has 2 aromatic heterocycles. The molecule has 0 saturated carbocycles. The van der Waals surface area contributed by atoms with E-state index in [0.29, 0.717) is 28.7 Å². The smallest absolute Gasteiger partial charge is 0.253 e. The van der Waals surface area contributed by atoms with Crippen LogP contribution >= 0.6 is 11.6 Å². The molecule has 0 aliphatic carbocycles. The summed E-state index contributed by atoms with van der Waals surface area (Å²) in [6, 6.07) is 1.60. The lowest BCUT2D eigenvalue weighted by molar-refractivity contribution is 0.0911. The van der Waals surface area contributed by atoms with Crippen molar-refractivity contribution in [1.82, 2.24) is 15.5 Å². The van der Waals surface area contributed by atoms with Gasteiger partial charge in [0.1, 0.15) is 11.6 Å². The van der Waals surface area contributed by atoms with Gasteiger partial charge in [0.05, 0.1) is 21.8 Å². The average molecular weight is 337 g/mol. The van der Waals surface area contributed by atoms with E-state index in [4.69, 9.17) is 16.1 Å². The maximum Gasteiger partial charge on any atom is 0.253 e. The second-order valence-electron chi connectivity index (χ2n) is 5.86. The van der Waals surface area contributed by atoms with E-state index in [1.807, 2.05) is 34.6 Å². The van der Waals surface area contributed by atoms with Crippen LogP contribution in [0.2, 0.25) is 5.02 Å². The van der Waals surface area contributed by atoms with Crippen molar-refractivity contribution in [3.05, 3.63) is 39.9 Å². The van der Waals surface area contributed by atoms with Gasteiger partial charge in [-0.05, 0) is 40.7 Å². The van der Waals surface area contributed by atoms with E-state index < -0.39 is 5.54 Å². The van der Waals surface area contributed by atoms with Crippen LogP contribution in [-0.4, -0.2) is 22.6 Å². The van der Waals surface area contributed by atoms with E-state index in [9.17, 15) is 4.79 Å². The lowest BCUT2D eigenvalue weighted by Gasteiger charge is -2.26. The van der Waals surface area contributed by atoms with Crippen molar-refractivity contribution in [2.75, 3.05) is 11.9 Å². The maximum absolute atomic E-state index is 12.5. The fourth-order valence-electron chi connectivity index (χ4n) is 2.65. The van der Waals surface area contributed by atoms with E-state index in [2.05, 4.69) is 20.8 Å². The topological polar surface area (TPSA) is 80.0 Å². The molecule has 0 saturated heterocycles. The molecule has 6 nitrogen and oxygen atoms in total. The van der Waals surface area contributed by atoms with E-state index in [0.717, 1.165) is 11.3 Å². The molecule has 0 aromatic carbocycles. The quantitative estimate of drug-likeness (QED) is 0.874. The van der Waals surface area contributed by atoms with Gasteiger partial charge in [-0.15, -0.1) is 0 Å². The molecule has 2 rings (SSSR count). The first-order valence-electron chi connectivity index (χ1n) is 7.41. The van der Waals surface area contributed by atoms with Crippen molar-refractivity contribution in [1.29, 1.82) is 0 Å². The fourth-order valence-corrected chi connectivity index (χ4v) is 2.89. The molecule has 0 aliphatic heterocycles. The number of rotatable bonds is 5. The van der Waals surface area contributed by atoms with Crippen LogP contribution in [0.25, 0.3) is 0 Å². The molecule has 0 spiro atoms. The van der Waals surface area contributed by atoms with E-state index in [1.165, 1.54) is 6.20 Å². The molecule has 2 heterocycles. The molecular formula is C16H21ClN4O2. The summed E-state index contributed by atoms with van der Waals surface area (Å²) < 4.78 is 5.19. The predicted molar refractivity (Wildman–Crippen MR) is 89.9 cm³/mol. The number of anilines is 1. The Morgan fingerprint density at radius 3 is 2.61 bits per heavy atom. The Hall–Kier alpha value is -2.08. The summed E-state index contributed by atoms with van der Waals surface area (Å²) in [5.41, 5.74) is 1.40. The Morgan fingerprint density at radius 2 is 2.09 bits per heavy atom. The van der Waals surface area contributed by atoms with Gasteiger partial charge in [0.25, 0.3) is 5.91 Å². The first-order valence-corrected chi connectivity index (χ1v) is 7.79. The summed E-state index contributed by atoms with van der Waals surface area (Å²) >= 11 is 6.14. The van der Waals surface area contributed by atoms with Gasteiger partial charge in [-0.1, -0.05) is 16.8 Å². The Balaban J connectivity index is 2.23. The molecule has 124 valence electrons. The van der Waals surface area contributed by atoms with Crippen molar-refractivity contribution in [3.63, 3.8) is 0 Å². The van der Waals surface area contributed by atoms with E-state index >= 15 is 0 Å². The molecule has 1 amide bonds. The average Bonchev–Trinajstić information content (AvgIpc) is 2.80. The van der Waals surface area contributed by atoms with Crippen LogP contribution < -0.4 is 10.6 Å². The number of hydrogen-bond donors (Lipinski definition) is 2. The summed E-state index contributed by atoms with van der Waals surface area (Å²) in [5.74, 6) is 0.995. The Labute approximate surface area is 140 Å². The van der Waals surface area contributed by atoms with Gasteiger partial charge in [0.15, 0.2) is 0 Å². The van der Waals surface area contributed by atoms with Crippen molar-refractivity contribution in [3.8, 4) is 0 Å². The molecule has 7 heteroatoms. The fraction of sp³-hybridized carbons (Fsp3) is 0.438. The first-order chi connectivity index (χ1) is 10.8. The third-order valence-electron chi connectivity index (χ3n) is 3.53. The van der Waals surface area contributed by atoms with Gasteiger partial charge >= 0.3 is 0 Å². The number of carbonyl (C=O) groups excluding carboxylic acids is 1. The Kier molecular flexibility index (Phi) is 4.94. The van der Waals surface area contributed by atoms with Crippen LogP contribution in [0.3, 0.4) is 0 Å². The zero-order valence-electron chi connectivity index (χ0n) is 14.0. The predicted octanol–water partition coefficient (Wildman–Crippen LogP) is 3.44. The highest BCUT2D eigenvalue weighted by molar-refractivity contribution is 6.33. The van der Waals surface area contributed by atoms with Gasteiger partial charge in [-0.25, -0.2) is 4.98 Å². The molecule has 2 N–H and O–H groups in total. The van der Waals surface area contributed by atoms with Crippen LogP contribution in [0.1, 0.15) is 48.1 Å². The number of pyridine rings is 1. The highest BCUT2D eigenvalue weighted by Gasteiger charge is 2.30. The van der Waals surface area contributed by atoms with Crippen molar-refractivity contribution in [2.24, 2.45) is 0 Å². The maximum atomic E-state index is 12.5. The largest absolute Gasteiger partial charge is 0.369 e. The minimum atomic E-state index is -0.627. The van der Waals surface area contributed by atoms with Gasteiger partial charge in [0.2, 0.25) is 0 Å². The molecule has 23 heavy (non-hydrogen) atoms. The first kappa shape index (κ1) is 17.3. The van der Waals surface area contributed by atoms with E-state index in [-0.39, 0.29) is 5.91 Å². The summed E-state index contributed by atoms with van der Waals surface area (Å²) in [7, 11) is 0. The third-order valence-corrected chi connectivity index (χ3v) is 3.82. The van der Waals surface area contributed by atoms with Crippen molar-refractivity contribution in [2.45, 2.75) is 40.2 Å². The van der Waals surface area contributed by atoms with Crippen molar-refractivity contribution < 1.29 is 9.32 Å². The third kappa shape index (κ3) is 3.64. The summed E-state index contributed by atoms with van der Waals surface area (Å²) in [4.78, 5) is 16.7. The highest BCUT2D eigenvalue weighted by Crippen LogP contribution is 2.27. The summed E-state index contributed by atoms with van der Waals surface area (Å²) in [6.07, 6.45) is 1.50. The number of aromatic nitrogens is 2. The number of nitrogens with one attached hydrogen (secondary N) is 2. The number of aryl methyl sites for hydroxylation is 2. The molecule has 2 aromatic rings. The lowest BCUT2D eigenvalue weighted by atomic mass is 9.92. The van der Waals surface area contributed by atoms with E-state index in [1.54, 1.807) is 6.07 Å². The van der Waals surface area contributed by atoms with Gasteiger partial charge in [-0.3, -0.25) is 4.79 Å². The lowest BCUT2D eigenvalue weighted by Crippen LogP contribution is -2.41. The molecule has 0 atom stereocenters. The zero-order valence-corrected chi connectivity index (χ0v) is 14.7. The van der Waals surface area contributed by atoms with Crippen LogP contribution in [0.15, 0.2) is 16.8 Å². The molecule has 0 unspecified atom stereocenters. The monoisotopic (exact) mass is 336 g/mol. The highest BCUT2D eigenvalue weighted by atomic mass is 35.5. The van der Waals surface area contributed by atoms with Crippen molar-refractivity contribution >= 4 is 23.3 Å². The minimum absolute atomic E-state index is 0.257. The number of hydrogen-bond acceptors (Lipinski definition) is 5. The SMILES string of the molecule is CCNc1ncc(C(=O)NC(C)(C)c2c(C)noc2C)cc1Cl. The number of halogens is 1. The van der Waals surface area contributed by atoms with Gasteiger partial charge in [-0.2, -0.15) is 0 Å². The zero-order chi connectivity index (χ0) is 17.2.